The summed E-state index contributed by atoms with van der Waals surface area (Å²) in [5, 5.41) is 0. The van der Waals surface area contributed by atoms with Crippen molar-refractivity contribution in [3.63, 3.8) is 0 Å². The van der Waals surface area contributed by atoms with E-state index in [9.17, 15) is 13.6 Å². The number of halogens is 2. The predicted molar refractivity (Wildman–Crippen MR) is 93.5 cm³/mol. The van der Waals surface area contributed by atoms with Gasteiger partial charge in [-0.05, 0) is 44.9 Å². The van der Waals surface area contributed by atoms with Crippen LogP contribution in [0.3, 0.4) is 0 Å². The largest absolute Gasteiger partial charge is 0.339 e. The van der Waals surface area contributed by atoms with Crippen molar-refractivity contribution in [3.05, 3.63) is 35.4 Å². The third-order valence-corrected chi connectivity index (χ3v) is 5.52. The minimum absolute atomic E-state index is 0.0347. The molecule has 1 atom stereocenters. The molecule has 0 saturated carbocycles. The highest BCUT2D eigenvalue weighted by atomic mass is 19.1. The number of piperazine rings is 1. The lowest BCUT2D eigenvalue weighted by molar-refractivity contribution is 0.0553. The minimum Gasteiger partial charge on any atom is -0.339 e. The zero-order valence-electron chi connectivity index (χ0n) is 15.0. The molecule has 0 radical (unpaired) electrons. The quantitative estimate of drug-likeness (QED) is 0.837. The summed E-state index contributed by atoms with van der Waals surface area (Å²) in [6.07, 6.45) is 1.88. The van der Waals surface area contributed by atoms with E-state index in [1.165, 1.54) is 6.07 Å². The molecule has 0 unspecified atom stereocenters. The summed E-state index contributed by atoms with van der Waals surface area (Å²) in [6, 6.07) is 3.71. The summed E-state index contributed by atoms with van der Waals surface area (Å²) < 4.78 is 26.8. The van der Waals surface area contributed by atoms with Crippen LogP contribution in [0.4, 0.5) is 8.78 Å². The smallest absolute Gasteiger partial charge is 0.256 e. The van der Waals surface area contributed by atoms with E-state index in [2.05, 4.69) is 23.8 Å². The van der Waals surface area contributed by atoms with Crippen molar-refractivity contribution in [1.29, 1.82) is 0 Å². The summed E-state index contributed by atoms with van der Waals surface area (Å²) in [4.78, 5) is 19.1. The number of likely N-dealkylation sites (tertiary alicyclic amines) is 1. The zero-order valence-corrected chi connectivity index (χ0v) is 15.0. The molecule has 0 bridgehead atoms. The number of likely N-dealkylation sites (N-methyl/N-ethyl adjacent to an activating group) is 1. The normalized spacial score (nSPS) is 23.8. The lowest BCUT2D eigenvalue weighted by atomic mass is 9.94. The lowest BCUT2D eigenvalue weighted by Gasteiger charge is -2.41. The van der Waals surface area contributed by atoms with Crippen LogP contribution in [0, 0.1) is 17.6 Å². The van der Waals surface area contributed by atoms with Crippen LogP contribution >= 0.6 is 0 Å². The van der Waals surface area contributed by atoms with Gasteiger partial charge in [0.1, 0.15) is 11.6 Å². The first-order chi connectivity index (χ1) is 11.9. The van der Waals surface area contributed by atoms with Gasteiger partial charge in [-0.1, -0.05) is 0 Å². The number of piperidine rings is 1. The van der Waals surface area contributed by atoms with Crippen molar-refractivity contribution in [3.8, 4) is 0 Å². The van der Waals surface area contributed by atoms with Crippen molar-refractivity contribution >= 4 is 5.91 Å². The molecule has 2 aliphatic heterocycles. The molecule has 3 rings (SSSR count). The van der Waals surface area contributed by atoms with Crippen molar-refractivity contribution in [2.75, 3.05) is 46.3 Å². The van der Waals surface area contributed by atoms with Gasteiger partial charge in [-0.3, -0.25) is 9.69 Å². The number of carbonyl (C=O) groups excluding carboxylic acids is 1. The summed E-state index contributed by atoms with van der Waals surface area (Å²) >= 11 is 0. The van der Waals surface area contributed by atoms with E-state index in [-0.39, 0.29) is 11.5 Å². The predicted octanol–water partition coefficient (Wildman–Crippen LogP) is 2.45. The molecule has 0 N–H and O–H groups in total. The fraction of sp³-hybridized carbons (Fsp3) is 0.632. The second kappa shape index (κ2) is 7.79. The molecule has 2 saturated heterocycles. The van der Waals surface area contributed by atoms with Gasteiger partial charge in [-0.2, -0.15) is 0 Å². The molecule has 1 aromatic rings. The van der Waals surface area contributed by atoms with Crippen molar-refractivity contribution in [2.24, 2.45) is 5.92 Å². The number of hydrogen-bond acceptors (Lipinski definition) is 3. The van der Waals surface area contributed by atoms with Gasteiger partial charge in [0.05, 0.1) is 5.56 Å². The zero-order chi connectivity index (χ0) is 18.0. The first-order valence-corrected chi connectivity index (χ1v) is 9.11. The number of benzene rings is 1. The molecule has 6 heteroatoms. The summed E-state index contributed by atoms with van der Waals surface area (Å²) in [7, 11) is 2.16. The second-order valence-corrected chi connectivity index (χ2v) is 7.47. The standard InChI is InChI=1S/C19H27F2N3O/c1-14-12-22(2)9-10-24(14)13-15-5-7-23(8-6-15)19(25)17-4-3-16(20)11-18(17)21/h3-4,11,14-15H,5-10,12-13H2,1-2H3/t14-/m1/s1. The molecule has 2 fully saturated rings. The maximum atomic E-state index is 13.8. The van der Waals surface area contributed by atoms with Crippen LogP contribution in [-0.4, -0.2) is 73.0 Å². The van der Waals surface area contributed by atoms with Gasteiger partial charge >= 0.3 is 0 Å². The minimum atomic E-state index is -0.779. The van der Waals surface area contributed by atoms with E-state index >= 15 is 0 Å². The van der Waals surface area contributed by atoms with Crippen molar-refractivity contribution in [2.45, 2.75) is 25.8 Å². The maximum absolute atomic E-state index is 13.8. The van der Waals surface area contributed by atoms with Gasteiger partial charge in [0.15, 0.2) is 0 Å². The Hall–Kier alpha value is -1.53. The highest BCUT2D eigenvalue weighted by Gasteiger charge is 2.29. The van der Waals surface area contributed by atoms with Crippen LogP contribution < -0.4 is 0 Å². The van der Waals surface area contributed by atoms with Crippen molar-refractivity contribution < 1.29 is 13.6 Å². The summed E-state index contributed by atoms with van der Waals surface area (Å²) in [6.45, 7) is 7.92. The summed E-state index contributed by atoms with van der Waals surface area (Å²) in [5.74, 6) is -1.19. The number of nitrogens with zero attached hydrogens (tertiary/aromatic N) is 3. The third kappa shape index (κ3) is 4.36. The van der Waals surface area contributed by atoms with Gasteiger partial charge in [-0.25, -0.2) is 8.78 Å². The van der Waals surface area contributed by atoms with Crippen LogP contribution in [0.2, 0.25) is 0 Å². The van der Waals surface area contributed by atoms with E-state index in [1.54, 1.807) is 4.90 Å². The van der Waals surface area contributed by atoms with Gasteiger partial charge in [0.25, 0.3) is 5.91 Å². The van der Waals surface area contributed by atoms with Crippen LogP contribution in [0.15, 0.2) is 18.2 Å². The van der Waals surface area contributed by atoms with Gasteiger partial charge in [0.2, 0.25) is 0 Å². The second-order valence-electron chi connectivity index (χ2n) is 7.47. The van der Waals surface area contributed by atoms with E-state index in [1.807, 2.05) is 0 Å². The fourth-order valence-electron chi connectivity index (χ4n) is 3.93. The number of carbonyl (C=O) groups is 1. The number of amides is 1. The molecule has 2 aliphatic rings. The molecule has 1 amide bonds. The van der Waals surface area contributed by atoms with Crippen LogP contribution in [0.1, 0.15) is 30.1 Å². The SMILES string of the molecule is C[C@@H]1CN(C)CCN1CC1CCN(C(=O)c2ccc(F)cc2F)CC1. The molecule has 0 spiro atoms. The van der Waals surface area contributed by atoms with Gasteiger partial charge in [0, 0.05) is 51.4 Å². The van der Waals surface area contributed by atoms with E-state index in [0.29, 0.717) is 25.0 Å². The Balaban J connectivity index is 1.52. The van der Waals surface area contributed by atoms with Crippen LogP contribution in [0.5, 0.6) is 0 Å². The Morgan fingerprint density at radius 3 is 2.52 bits per heavy atom. The average molecular weight is 351 g/mol. The number of hydrogen-bond donors (Lipinski definition) is 0. The Bertz CT molecular complexity index is 617. The molecule has 2 heterocycles. The third-order valence-electron chi connectivity index (χ3n) is 5.52. The first kappa shape index (κ1) is 18.3. The molecule has 0 aliphatic carbocycles. The molecule has 25 heavy (non-hydrogen) atoms. The molecule has 0 aromatic heterocycles. The molecule has 4 nitrogen and oxygen atoms in total. The van der Waals surface area contributed by atoms with E-state index in [4.69, 9.17) is 0 Å². The van der Waals surface area contributed by atoms with Gasteiger partial charge < -0.3 is 9.80 Å². The number of rotatable bonds is 3. The molecule has 1 aromatic carbocycles. The first-order valence-electron chi connectivity index (χ1n) is 9.11. The Morgan fingerprint density at radius 2 is 1.88 bits per heavy atom. The molecular weight excluding hydrogens is 324 g/mol. The van der Waals surface area contributed by atoms with Gasteiger partial charge in [-0.15, -0.1) is 0 Å². The Labute approximate surface area is 148 Å². The van der Waals surface area contributed by atoms with Crippen molar-refractivity contribution in [1.82, 2.24) is 14.7 Å². The average Bonchev–Trinajstić information content (AvgIpc) is 2.57. The Morgan fingerprint density at radius 1 is 1.16 bits per heavy atom. The molecule has 138 valence electrons. The van der Waals surface area contributed by atoms with Crippen LogP contribution in [-0.2, 0) is 0 Å². The monoisotopic (exact) mass is 351 g/mol. The van der Waals surface area contributed by atoms with Crippen LogP contribution in [0.25, 0.3) is 0 Å². The Kier molecular flexibility index (Phi) is 5.69. The van der Waals surface area contributed by atoms with E-state index < -0.39 is 11.6 Å². The fourth-order valence-corrected chi connectivity index (χ4v) is 3.93. The maximum Gasteiger partial charge on any atom is 0.256 e. The summed E-state index contributed by atoms with van der Waals surface area (Å²) in [5.41, 5.74) is -0.0347. The van der Waals surface area contributed by atoms with E-state index in [0.717, 1.165) is 51.2 Å². The highest BCUT2D eigenvalue weighted by Crippen LogP contribution is 2.23. The topological polar surface area (TPSA) is 26.8 Å². The lowest BCUT2D eigenvalue weighted by Crippen LogP contribution is -2.52. The molecular formula is C19H27F2N3O. The highest BCUT2D eigenvalue weighted by molar-refractivity contribution is 5.94.